The minimum absolute atomic E-state index is 0.141. The van der Waals surface area contributed by atoms with Gasteiger partial charge in [0.15, 0.2) is 5.43 Å². The van der Waals surface area contributed by atoms with Gasteiger partial charge in [-0.3, -0.25) is 9.59 Å². The fourth-order valence-corrected chi connectivity index (χ4v) is 4.30. The predicted molar refractivity (Wildman–Crippen MR) is 123 cm³/mol. The maximum Gasteiger partial charge on any atom is 0.290 e. The zero-order valence-electron chi connectivity index (χ0n) is 17.8. The largest absolute Gasteiger partial charge is 0.489 e. The van der Waals surface area contributed by atoms with Crippen LogP contribution in [0.1, 0.15) is 46.6 Å². The average molecular weight is 425 g/mol. The molecule has 0 bridgehead atoms. The summed E-state index contributed by atoms with van der Waals surface area (Å²) in [7, 11) is 0. The fraction of sp³-hybridized carbons (Fsp3) is 0.185. The molecule has 2 heterocycles. The molecule has 0 saturated heterocycles. The summed E-state index contributed by atoms with van der Waals surface area (Å²) in [4.78, 5) is 28.4. The van der Waals surface area contributed by atoms with Crippen molar-refractivity contribution in [3.63, 3.8) is 0 Å². The van der Waals surface area contributed by atoms with Crippen molar-refractivity contribution >= 4 is 16.9 Å². The Hall–Kier alpha value is -3.86. The molecule has 1 atom stereocenters. The number of nitrogens with zero attached hydrogens (tertiary/aromatic N) is 1. The predicted octanol–water partition coefficient (Wildman–Crippen LogP) is 5.33. The fourth-order valence-electron chi connectivity index (χ4n) is 4.30. The van der Waals surface area contributed by atoms with Crippen molar-refractivity contribution in [3.8, 4) is 5.75 Å². The molecule has 1 aliphatic rings. The standard InChI is InChI=1S/C27H23NO4/c1-2-15-28-24(19-11-8-12-20(16-19)31-17-18-9-4-3-5-10-18)23-25(29)21-13-6-7-14-22(21)32-26(23)27(28)30/h3-14,16,24H,2,15,17H2,1H3/t24-/m1/s1. The van der Waals surface area contributed by atoms with Crippen LogP contribution in [0.4, 0.5) is 0 Å². The minimum atomic E-state index is -0.501. The molecule has 5 nitrogen and oxygen atoms in total. The van der Waals surface area contributed by atoms with E-state index >= 15 is 0 Å². The Morgan fingerprint density at radius 3 is 2.53 bits per heavy atom. The van der Waals surface area contributed by atoms with Crippen molar-refractivity contribution in [2.45, 2.75) is 26.0 Å². The number of amides is 1. The van der Waals surface area contributed by atoms with Crippen LogP contribution < -0.4 is 10.2 Å². The summed E-state index contributed by atoms with van der Waals surface area (Å²) in [6.45, 7) is 2.98. The van der Waals surface area contributed by atoms with Gasteiger partial charge in [0.2, 0.25) is 5.76 Å². The number of para-hydroxylation sites is 1. The first-order chi connectivity index (χ1) is 15.7. The van der Waals surface area contributed by atoms with Gasteiger partial charge in [-0.2, -0.15) is 0 Å². The number of hydrogen-bond donors (Lipinski definition) is 0. The normalized spacial score (nSPS) is 15.2. The van der Waals surface area contributed by atoms with Gasteiger partial charge in [0, 0.05) is 6.54 Å². The molecule has 160 valence electrons. The number of hydrogen-bond acceptors (Lipinski definition) is 4. The molecule has 1 aromatic heterocycles. The van der Waals surface area contributed by atoms with E-state index in [1.807, 2.05) is 61.5 Å². The lowest BCUT2D eigenvalue weighted by atomic mass is 9.98. The third kappa shape index (κ3) is 3.46. The number of benzene rings is 3. The van der Waals surface area contributed by atoms with Crippen LogP contribution in [0.15, 0.2) is 88.1 Å². The van der Waals surface area contributed by atoms with Gasteiger partial charge in [-0.25, -0.2) is 0 Å². The molecule has 5 rings (SSSR count). The van der Waals surface area contributed by atoms with Crippen LogP contribution in [0.3, 0.4) is 0 Å². The van der Waals surface area contributed by atoms with Crippen LogP contribution in [0, 0.1) is 0 Å². The molecule has 0 aliphatic carbocycles. The molecule has 1 aliphatic heterocycles. The smallest absolute Gasteiger partial charge is 0.290 e. The average Bonchev–Trinajstić information content (AvgIpc) is 3.11. The second kappa shape index (κ2) is 8.35. The van der Waals surface area contributed by atoms with E-state index < -0.39 is 6.04 Å². The molecule has 0 unspecified atom stereocenters. The molecule has 0 spiro atoms. The number of carbonyl (C=O) groups is 1. The van der Waals surface area contributed by atoms with E-state index in [1.54, 1.807) is 29.2 Å². The number of rotatable bonds is 6. The van der Waals surface area contributed by atoms with Gasteiger partial charge < -0.3 is 14.1 Å². The zero-order valence-corrected chi connectivity index (χ0v) is 17.8. The monoisotopic (exact) mass is 425 g/mol. The van der Waals surface area contributed by atoms with Gasteiger partial charge in [0.25, 0.3) is 5.91 Å². The van der Waals surface area contributed by atoms with E-state index in [2.05, 4.69) is 0 Å². The summed E-state index contributed by atoms with van der Waals surface area (Å²) >= 11 is 0. The number of fused-ring (bicyclic) bond motifs is 2. The van der Waals surface area contributed by atoms with E-state index in [9.17, 15) is 9.59 Å². The van der Waals surface area contributed by atoms with Crippen LogP contribution in [0.5, 0.6) is 5.75 Å². The van der Waals surface area contributed by atoms with Crippen molar-refractivity contribution in [2.24, 2.45) is 0 Å². The second-order valence-electron chi connectivity index (χ2n) is 7.92. The Kier molecular flexibility index (Phi) is 5.23. The Morgan fingerprint density at radius 1 is 0.938 bits per heavy atom. The third-order valence-electron chi connectivity index (χ3n) is 5.76. The SMILES string of the molecule is CCCN1C(=O)c2oc3ccccc3c(=O)c2[C@H]1c1cccc(OCc2ccccc2)c1. The molecule has 0 fully saturated rings. The molecule has 0 saturated carbocycles. The van der Waals surface area contributed by atoms with Crippen molar-refractivity contribution in [2.75, 3.05) is 6.54 Å². The van der Waals surface area contributed by atoms with E-state index in [0.29, 0.717) is 35.4 Å². The Bertz CT molecular complexity index is 1340. The van der Waals surface area contributed by atoms with Crippen LogP contribution in [0.25, 0.3) is 11.0 Å². The first kappa shape index (κ1) is 20.1. The van der Waals surface area contributed by atoms with Gasteiger partial charge in [0.05, 0.1) is 17.0 Å². The highest BCUT2D eigenvalue weighted by Gasteiger charge is 2.42. The van der Waals surface area contributed by atoms with Gasteiger partial charge in [-0.05, 0) is 41.8 Å². The van der Waals surface area contributed by atoms with Crippen molar-refractivity contribution in [3.05, 3.63) is 112 Å². The molecule has 3 aromatic carbocycles. The summed E-state index contributed by atoms with van der Waals surface area (Å²) in [6.07, 6.45) is 0.772. The Labute approximate surface area is 185 Å². The van der Waals surface area contributed by atoms with Crippen LogP contribution in [-0.4, -0.2) is 17.4 Å². The maximum atomic E-state index is 13.4. The van der Waals surface area contributed by atoms with Crippen LogP contribution in [0.2, 0.25) is 0 Å². The molecule has 32 heavy (non-hydrogen) atoms. The first-order valence-corrected chi connectivity index (χ1v) is 10.8. The first-order valence-electron chi connectivity index (χ1n) is 10.8. The molecular weight excluding hydrogens is 402 g/mol. The summed E-state index contributed by atoms with van der Waals surface area (Å²) in [5.41, 5.74) is 2.58. The van der Waals surface area contributed by atoms with Crippen LogP contribution in [-0.2, 0) is 6.61 Å². The highest BCUT2D eigenvalue weighted by molar-refractivity contribution is 5.99. The molecule has 0 N–H and O–H groups in total. The van der Waals surface area contributed by atoms with Gasteiger partial charge in [-0.1, -0.05) is 61.5 Å². The minimum Gasteiger partial charge on any atom is -0.489 e. The van der Waals surface area contributed by atoms with Crippen LogP contribution >= 0.6 is 0 Å². The van der Waals surface area contributed by atoms with E-state index in [1.165, 1.54) is 0 Å². The lowest BCUT2D eigenvalue weighted by molar-refractivity contribution is 0.0728. The molecule has 5 heteroatoms. The third-order valence-corrected chi connectivity index (χ3v) is 5.76. The lowest BCUT2D eigenvalue weighted by Crippen LogP contribution is -2.30. The highest BCUT2D eigenvalue weighted by atomic mass is 16.5. The number of ether oxygens (including phenoxy) is 1. The zero-order chi connectivity index (χ0) is 22.1. The van der Waals surface area contributed by atoms with E-state index in [-0.39, 0.29) is 17.1 Å². The quantitative estimate of drug-likeness (QED) is 0.419. The molecule has 1 amide bonds. The topological polar surface area (TPSA) is 59.8 Å². The second-order valence-corrected chi connectivity index (χ2v) is 7.92. The van der Waals surface area contributed by atoms with Crippen molar-refractivity contribution in [1.82, 2.24) is 4.90 Å². The van der Waals surface area contributed by atoms with Crippen molar-refractivity contribution in [1.29, 1.82) is 0 Å². The Balaban J connectivity index is 1.57. The van der Waals surface area contributed by atoms with E-state index in [0.717, 1.165) is 17.5 Å². The van der Waals surface area contributed by atoms with E-state index in [4.69, 9.17) is 9.15 Å². The lowest BCUT2D eigenvalue weighted by Gasteiger charge is -2.25. The van der Waals surface area contributed by atoms with Gasteiger partial charge in [-0.15, -0.1) is 0 Å². The molecular formula is C27H23NO4. The summed E-state index contributed by atoms with van der Waals surface area (Å²) in [5.74, 6) is 0.585. The summed E-state index contributed by atoms with van der Waals surface area (Å²) in [6, 6.07) is 24.1. The number of carbonyl (C=O) groups excluding carboxylic acids is 1. The van der Waals surface area contributed by atoms with Gasteiger partial charge >= 0.3 is 0 Å². The molecule has 4 aromatic rings. The summed E-state index contributed by atoms with van der Waals surface area (Å²) in [5, 5.41) is 0.485. The van der Waals surface area contributed by atoms with Gasteiger partial charge in [0.1, 0.15) is 17.9 Å². The molecule has 0 radical (unpaired) electrons. The summed E-state index contributed by atoms with van der Waals surface area (Å²) < 4.78 is 11.9. The van der Waals surface area contributed by atoms with Crippen molar-refractivity contribution < 1.29 is 13.9 Å². The Morgan fingerprint density at radius 2 is 1.72 bits per heavy atom. The highest BCUT2D eigenvalue weighted by Crippen LogP contribution is 2.39. The maximum absolute atomic E-state index is 13.4.